The molecule has 1 aromatic carbocycles. The predicted molar refractivity (Wildman–Crippen MR) is 65.8 cm³/mol. The number of nitrogens with zero attached hydrogens (tertiary/aromatic N) is 4. The minimum Gasteiger partial charge on any atom is -0.334 e. The van der Waals surface area contributed by atoms with Crippen LogP contribution in [0.4, 0.5) is 8.78 Å². The van der Waals surface area contributed by atoms with Gasteiger partial charge in [0.15, 0.2) is 5.82 Å². The second-order valence-electron chi connectivity index (χ2n) is 4.20. The van der Waals surface area contributed by atoms with E-state index in [1.807, 2.05) is 6.07 Å². The molecule has 21 heavy (non-hydrogen) atoms. The van der Waals surface area contributed by atoms with E-state index in [4.69, 9.17) is 9.78 Å². The van der Waals surface area contributed by atoms with Crippen LogP contribution in [0.5, 0.6) is 0 Å². The average Bonchev–Trinajstić information content (AvgIpc) is 3.10. The Morgan fingerprint density at radius 3 is 2.95 bits per heavy atom. The molecule has 3 rings (SSSR count). The fraction of sp³-hybridized carbons (Fsp3) is 0.0769. The zero-order valence-electron chi connectivity index (χ0n) is 10.5. The van der Waals surface area contributed by atoms with E-state index in [1.54, 1.807) is 0 Å². The van der Waals surface area contributed by atoms with Gasteiger partial charge in [-0.25, -0.2) is 8.78 Å². The summed E-state index contributed by atoms with van der Waals surface area (Å²) in [6, 6.07) is 5.17. The Balaban J connectivity index is 1.87. The van der Waals surface area contributed by atoms with Gasteiger partial charge in [0.05, 0.1) is 11.8 Å². The molecule has 2 aromatic heterocycles. The average molecular weight is 287 g/mol. The molecule has 0 aliphatic rings. The van der Waals surface area contributed by atoms with Crippen LogP contribution in [-0.2, 0) is 6.42 Å². The van der Waals surface area contributed by atoms with Crippen molar-refractivity contribution in [2.75, 3.05) is 0 Å². The van der Waals surface area contributed by atoms with Gasteiger partial charge in [-0.3, -0.25) is 5.10 Å². The summed E-state index contributed by atoms with van der Waals surface area (Å²) in [5, 5.41) is 18.8. The molecule has 104 valence electrons. The molecule has 0 unspecified atom stereocenters. The van der Waals surface area contributed by atoms with Crippen molar-refractivity contribution in [2.45, 2.75) is 6.42 Å². The molecular weight excluding hydrogens is 280 g/mol. The summed E-state index contributed by atoms with van der Waals surface area (Å²) >= 11 is 0. The normalized spacial score (nSPS) is 10.5. The summed E-state index contributed by atoms with van der Waals surface area (Å²) < 4.78 is 31.4. The number of hydrogen-bond acceptors (Lipinski definition) is 5. The Morgan fingerprint density at radius 2 is 2.19 bits per heavy atom. The lowest BCUT2D eigenvalue weighted by molar-refractivity contribution is 0.423. The van der Waals surface area contributed by atoms with Gasteiger partial charge in [0.2, 0.25) is 0 Å². The van der Waals surface area contributed by atoms with Crippen molar-refractivity contribution in [1.29, 1.82) is 5.26 Å². The van der Waals surface area contributed by atoms with E-state index in [1.165, 1.54) is 12.3 Å². The molecule has 8 heteroatoms. The molecule has 0 fully saturated rings. The molecule has 0 aliphatic carbocycles. The van der Waals surface area contributed by atoms with Gasteiger partial charge in [-0.1, -0.05) is 11.2 Å². The lowest BCUT2D eigenvalue weighted by atomic mass is 10.1. The number of rotatable bonds is 3. The van der Waals surface area contributed by atoms with Gasteiger partial charge in [0.1, 0.15) is 23.4 Å². The minimum absolute atomic E-state index is 0.0509. The highest BCUT2D eigenvalue weighted by atomic mass is 19.1. The highest BCUT2D eigenvalue weighted by molar-refractivity contribution is 5.59. The van der Waals surface area contributed by atoms with Crippen molar-refractivity contribution < 1.29 is 13.3 Å². The second kappa shape index (κ2) is 5.13. The van der Waals surface area contributed by atoms with Gasteiger partial charge < -0.3 is 4.52 Å². The molecule has 0 amide bonds. The van der Waals surface area contributed by atoms with Crippen LogP contribution in [0.15, 0.2) is 28.9 Å². The number of halogens is 2. The SMILES string of the molecule is N#Cc1[nH]ncc1-c1nc(Cc2ccc(F)cc2F)no1. The highest BCUT2D eigenvalue weighted by Gasteiger charge is 2.16. The largest absolute Gasteiger partial charge is 0.334 e. The third-order valence-electron chi connectivity index (χ3n) is 2.81. The smallest absolute Gasteiger partial charge is 0.262 e. The predicted octanol–water partition coefficient (Wildman–Crippen LogP) is 2.20. The van der Waals surface area contributed by atoms with E-state index >= 15 is 0 Å². The molecule has 0 bridgehead atoms. The first kappa shape index (κ1) is 12.9. The van der Waals surface area contributed by atoms with Crippen LogP contribution in [0, 0.1) is 23.0 Å². The van der Waals surface area contributed by atoms with E-state index < -0.39 is 11.6 Å². The van der Waals surface area contributed by atoms with E-state index in [0.717, 1.165) is 12.1 Å². The van der Waals surface area contributed by atoms with Gasteiger partial charge in [-0.2, -0.15) is 15.3 Å². The lowest BCUT2D eigenvalue weighted by Crippen LogP contribution is -1.95. The summed E-state index contributed by atoms with van der Waals surface area (Å²) in [4.78, 5) is 4.07. The molecule has 1 N–H and O–H groups in total. The van der Waals surface area contributed by atoms with Crippen molar-refractivity contribution in [1.82, 2.24) is 20.3 Å². The van der Waals surface area contributed by atoms with Gasteiger partial charge >= 0.3 is 0 Å². The molecular formula is C13H7F2N5O. The summed E-state index contributed by atoms with van der Waals surface area (Å²) in [6.07, 6.45) is 1.43. The first-order valence-electron chi connectivity index (χ1n) is 5.87. The number of hydrogen-bond donors (Lipinski definition) is 1. The second-order valence-corrected chi connectivity index (χ2v) is 4.20. The fourth-order valence-corrected chi connectivity index (χ4v) is 1.80. The minimum atomic E-state index is -0.678. The van der Waals surface area contributed by atoms with Crippen molar-refractivity contribution in [2.24, 2.45) is 0 Å². The van der Waals surface area contributed by atoms with Crippen LogP contribution < -0.4 is 0 Å². The van der Waals surface area contributed by atoms with Gasteiger partial charge in [0.25, 0.3) is 5.89 Å². The number of H-pyrrole nitrogens is 1. The van der Waals surface area contributed by atoms with Crippen molar-refractivity contribution in [3.63, 3.8) is 0 Å². The quantitative estimate of drug-likeness (QED) is 0.797. The highest BCUT2D eigenvalue weighted by Crippen LogP contribution is 2.20. The van der Waals surface area contributed by atoms with E-state index in [9.17, 15) is 8.78 Å². The van der Waals surface area contributed by atoms with Gasteiger partial charge in [0, 0.05) is 12.5 Å². The molecule has 6 nitrogen and oxygen atoms in total. The standard InChI is InChI=1S/C13H7F2N5O/c14-8-2-1-7(10(15)4-8)3-12-18-13(21-20-12)9-6-17-19-11(9)5-16/h1-2,4,6H,3H2,(H,17,19). The maximum Gasteiger partial charge on any atom is 0.262 e. The Morgan fingerprint density at radius 1 is 1.33 bits per heavy atom. The van der Waals surface area contributed by atoms with Crippen molar-refractivity contribution >= 4 is 0 Å². The fourth-order valence-electron chi connectivity index (χ4n) is 1.80. The van der Waals surface area contributed by atoms with E-state index in [-0.39, 0.29) is 29.4 Å². The number of nitriles is 1. The summed E-state index contributed by atoms with van der Waals surface area (Å²) in [5.74, 6) is -0.997. The zero-order valence-corrected chi connectivity index (χ0v) is 10.5. The number of nitrogens with one attached hydrogen (secondary N) is 1. The Kier molecular flexibility index (Phi) is 3.16. The third kappa shape index (κ3) is 2.49. The van der Waals surface area contributed by atoms with Crippen LogP contribution >= 0.6 is 0 Å². The van der Waals surface area contributed by atoms with Crippen LogP contribution in [0.3, 0.4) is 0 Å². The molecule has 0 atom stereocenters. The van der Waals surface area contributed by atoms with Crippen molar-refractivity contribution in [3.8, 4) is 17.5 Å². The molecule has 0 radical (unpaired) electrons. The molecule has 0 spiro atoms. The van der Waals surface area contributed by atoms with Crippen LogP contribution in [-0.4, -0.2) is 20.3 Å². The molecule has 0 saturated heterocycles. The first-order valence-corrected chi connectivity index (χ1v) is 5.87. The van der Waals surface area contributed by atoms with Gasteiger partial charge in [-0.15, -0.1) is 0 Å². The monoisotopic (exact) mass is 287 g/mol. The van der Waals surface area contributed by atoms with Crippen LogP contribution in [0.2, 0.25) is 0 Å². The third-order valence-corrected chi connectivity index (χ3v) is 2.81. The van der Waals surface area contributed by atoms with Crippen LogP contribution in [0.1, 0.15) is 17.1 Å². The Bertz CT molecular complexity index is 833. The maximum atomic E-state index is 13.6. The lowest BCUT2D eigenvalue weighted by Gasteiger charge is -1.98. The van der Waals surface area contributed by atoms with Crippen LogP contribution in [0.25, 0.3) is 11.5 Å². The number of benzene rings is 1. The van der Waals surface area contributed by atoms with Gasteiger partial charge in [-0.05, 0) is 11.6 Å². The summed E-state index contributed by atoms with van der Waals surface area (Å²) in [5.41, 5.74) is 0.811. The Hall–Kier alpha value is -3.08. The molecule has 0 saturated carbocycles. The zero-order chi connectivity index (χ0) is 14.8. The molecule has 0 aliphatic heterocycles. The van der Waals surface area contributed by atoms with E-state index in [2.05, 4.69) is 20.3 Å². The summed E-state index contributed by atoms with van der Waals surface area (Å²) in [7, 11) is 0. The van der Waals surface area contributed by atoms with Crippen molar-refractivity contribution in [3.05, 3.63) is 53.1 Å². The number of aromatic nitrogens is 4. The topological polar surface area (TPSA) is 91.4 Å². The first-order chi connectivity index (χ1) is 10.2. The molecule has 3 aromatic rings. The maximum absolute atomic E-state index is 13.6. The summed E-state index contributed by atoms with van der Waals surface area (Å²) in [6.45, 7) is 0. The number of aromatic amines is 1. The molecule has 2 heterocycles. The Labute approximate surface area is 117 Å². The van der Waals surface area contributed by atoms with E-state index in [0.29, 0.717) is 5.56 Å².